The first-order valence-corrected chi connectivity index (χ1v) is 12.4. The minimum Gasteiger partial charge on any atom is -0.462 e. The Morgan fingerprint density at radius 1 is 0.897 bits per heavy atom. The van der Waals surface area contributed by atoms with Crippen molar-refractivity contribution >= 4 is 41.1 Å². The lowest BCUT2D eigenvalue weighted by Gasteiger charge is -2.18. The molecule has 2 aromatic carbocycles. The average Bonchev–Trinajstić information content (AvgIpc) is 3.46. The lowest BCUT2D eigenvalue weighted by molar-refractivity contribution is -0.138. The summed E-state index contributed by atoms with van der Waals surface area (Å²) in [5.41, 5.74) is 3.94. The zero-order chi connectivity index (χ0) is 28.1. The SMILES string of the molecule is CCOC(=O)C1=C(C)N(c2ccc(C)cc2)C(=O)/C1=C/c1ccc(CNC(=O)C(=O)Nc2ccc(C)cc2)o1. The number of nitrogens with one attached hydrogen (secondary N) is 2. The Bertz CT molecular complexity index is 1480. The van der Waals surface area contributed by atoms with E-state index in [1.54, 1.807) is 38.1 Å². The van der Waals surface area contributed by atoms with Crippen LogP contribution in [0.2, 0.25) is 0 Å². The minimum absolute atomic E-state index is 0.0492. The number of furan rings is 1. The van der Waals surface area contributed by atoms with Gasteiger partial charge in [0, 0.05) is 17.1 Å². The molecule has 1 aromatic heterocycles. The summed E-state index contributed by atoms with van der Waals surface area (Å²) < 4.78 is 11.0. The van der Waals surface area contributed by atoms with Gasteiger partial charge >= 0.3 is 17.8 Å². The van der Waals surface area contributed by atoms with Crippen LogP contribution in [0.15, 0.2) is 81.9 Å². The molecule has 1 aliphatic heterocycles. The molecule has 0 atom stereocenters. The van der Waals surface area contributed by atoms with Crippen LogP contribution in [0.25, 0.3) is 6.08 Å². The first-order chi connectivity index (χ1) is 18.7. The molecule has 3 aromatic rings. The molecule has 2 heterocycles. The van der Waals surface area contributed by atoms with Crippen LogP contribution in [0.4, 0.5) is 11.4 Å². The van der Waals surface area contributed by atoms with Crippen molar-refractivity contribution in [3.05, 3.63) is 100 Å². The van der Waals surface area contributed by atoms with E-state index in [4.69, 9.17) is 9.15 Å². The van der Waals surface area contributed by atoms with Crippen LogP contribution >= 0.6 is 0 Å². The summed E-state index contributed by atoms with van der Waals surface area (Å²) in [4.78, 5) is 52.2. The summed E-state index contributed by atoms with van der Waals surface area (Å²) in [6.07, 6.45) is 1.47. The molecule has 200 valence electrons. The number of hydrogen-bond donors (Lipinski definition) is 2. The Kier molecular flexibility index (Phi) is 8.10. The second kappa shape index (κ2) is 11.6. The summed E-state index contributed by atoms with van der Waals surface area (Å²) in [6, 6.07) is 17.7. The van der Waals surface area contributed by atoms with Crippen molar-refractivity contribution in [3.63, 3.8) is 0 Å². The average molecular weight is 528 g/mol. The third kappa shape index (κ3) is 6.15. The van der Waals surface area contributed by atoms with Gasteiger partial charge < -0.3 is 19.8 Å². The number of amides is 3. The number of aryl methyl sites for hydroxylation is 2. The highest BCUT2D eigenvalue weighted by atomic mass is 16.5. The van der Waals surface area contributed by atoms with Crippen LogP contribution in [0.5, 0.6) is 0 Å². The van der Waals surface area contributed by atoms with Crippen molar-refractivity contribution in [1.82, 2.24) is 5.32 Å². The molecule has 0 spiro atoms. The van der Waals surface area contributed by atoms with Gasteiger partial charge in [-0.05, 0) is 70.2 Å². The van der Waals surface area contributed by atoms with Crippen molar-refractivity contribution in [2.24, 2.45) is 0 Å². The van der Waals surface area contributed by atoms with Crippen molar-refractivity contribution < 1.29 is 28.3 Å². The molecule has 9 nitrogen and oxygen atoms in total. The van der Waals surface area contributed by atoms with Gasteiger partial charge in [0.05, 0.1) is 24.3 Å². The fraction of sp³-hybridized carbons (Fsp3) is 0.200. The maximum absolute atomic E-state index is 13.5. The molecule has 2 N–H and O–H groups in total. The fourth-order valence-electron chi connectivity index (χ4n) is 4.07. The second-order valence-electron chi connectivity index (χ2n) is 9.02. The van der Waals surface area contributed by atoms with E-state index in [0.29, 0.717) is 28.6 Å². The zero-order valence-corrected chi connectivity index (χ0v) is 22.2. The van der Waals surface area contributed by atoms with Gasteiger partial charge in [-0.25, -0.2) is 4.79 Å². The molecule has 0 radical (unpaired) electrons. The number of rotatable bonds is 7. The van der Waals surface area contributed by atoms with Gasteiger partial charge in [-0.2, -0.15) is 0 Å². The lowest BCUT2D eigenvalue weighted by Crippen LogP contribution is -2.34. The molecule has 39 heavy (non-hydrogen) atoms. The normalized spacial score (nSPS) is 14.1. The summed E-state index contributed by atoms with van der Waals surface area (Å²) in [5, 5.41) is 5.04. The van der Waals surface area contributed by atoms with Gasteiger partial charge in [0.15, 0.2) is 0 Å². The maximum atomic E-state index is 13.5. The van der Waals surface area contributed by atoms with Gasteiger partial charge in [0.2, 0.25) is 0 Å². The highest BCUT2D eigenvalue weighted by Gasteiger charge is 2.38. The van der Waals surface area contributed by atoms with Crippen LogP contribution < -0.4 is 15.5 Å². The molecule has 0 aliphatic carbocycles. The predicted octanol–water partition coefficient (Wildman–Crippen LogP) is 4.42. The van der Waals surface area contributed by atoms with Crippen LogP contribution in [0.3, 0.4) is 0 Å². The molecule has 0 fully saturated rings. The number of ether oxygens (including phenoxy) is 1. The Labute approximate surface area is 226 Å². The number of hydrogen-bond acceptors (Lipinski definition) is 6. The number of anilines is 2. The van der Waals surface area contributed by atoms with E-state index in [0.717, 1.165) is 11.1 Å². The largest absolute Gasteiger partial charge is 0.462 e. The summed E-state index contributed by atoms with van der Waals surface area (Å²) >= 11 is 0. The van der Waals surface area contributed by atoms with E-state index in [-0.39, 0.29) is 24.3 Å². The highest BCUT2D eigenvalue weighted by Crippen LogP contribution is 2.35. The Hall–Kier alpha value is -4.92. The first kappa shape index (κ1) is 27.1. The van der Waals surface area contributed by atoms with E-state index in [9.17, 15) is 19.2 Å². The molecule has 4 rings (SSSR count). The van der Waals surface area contributed by atoms with Crippen molar-refractivity contribution in [2.45, 2.75) is 34.2 Å². The number of benzene rings is 2. The standard InChI is InChI=1S/C30H29N3O6/c1-5-38-30(37)26-20(4)33(22-12-8-19(3)9-13-22)29(36)25(26)16-23-14-15-24(39-23)17-31-27(34)28(35)32-21-10-6-18(2)7-11-21/h6-16H,5,17H2,1-4H3,(H,31,34)(H,32,35)/b25-16+. The second-order valence-corrected chi connectivity index (χ2v) is 9.02. The monoisotopic (exact) mass is 527 g/mol. The van der Waals surface area contributed by atoms with Gasteiger partial charge in [0.1, 0.15) is 11.5 Å². The van der Waals surface area contributed by atoms with Crippen LogP contribution in [-0.2, 0) is 30.5 Å². The molecule has 0 bridgehead atoms. The number of allylic oxidation sites excluding steroid dienone is 1. The van der Waals surface area contributed by atoms with Crippen LogP contribution in [0.1, 0.15) is 36.5 Å². The molecule has 3 amide bonds. The van der Waals surface area contributed by atoms with E-state index in [1.165, 1.54) is 11.0 Å². The van der Waals surface area contributed by atoms with Gasteiger partial charge in [-0.1, -0.05) is 35.4 Å². The fourth-order valence-corrected chi connectivity index (χ4v) is 4.07. The number of carbonyl (C=O) groups excluding carboxylic acids is 4. The molecule has 0 unspecified atom stereocenters. The number of esters is 1. The smallest absolute Gasteiger partial charge is 0.340 e. The Balaban J connectivity index is 1.49. The third-order valence-electron chi connectivity index (χ3n) is 6.08. The first-order valence-electron chi connectivity index (χ1n) is 12.4. The predicted molar refractivity (Wildman–Crippen MR) is 146 cm³/mol. The third-order valence-corrected chi connectivity index (χ3v) is 6.08. The topological polar surface area (TPSA) is 118 Å². The number of nitrogens with zero attached hydrogens (tertiary/aromatic N) is 1. The van der Waals surface area contributed by atoms with Gasteiger partial charge in [-0.3, -0.25) is 19.3 Å². The van der Waals surface area contributed by atoms with E-state index >= 15 is 0 Å². The van der Waals surface area contributed by atoms with E-state index in [1.807, 2.05) is 50.2 Å². The zero-order valence-electron chi connectivity index (χ0n) is 22.2. The Morgan fingerprint density at radius 3 is 2.18 bits per heavy atom. The minimum atomic E-state index is -0.824. The van der Waals surface area contributed by atoms with Gasteiger partial charge in [-0.15, -0.1) is 0 Å². The lowest BCUT2D eigenvalue weighted by atomic mass is 10.1. The molecule has 0 saturated carbocycles. The van der Waals surface area contributed by atoms with Crippen molar-refractivity contribution in [2.75, 3.05) is 16.8 Å². The Morgan fingerprint density at radius 2 is 1.54 bits per heavy atom. The molecule has 0 saturated heterocycles. The van der Waals surface area contributed by atoms with Crippen LogP contribution in [0, 0.1) is 13.8 Å². The quantitative estimate of drug-likeness (QED) is 0.267. The van der Waals surface area contributed by atoms with Crippen LogP contribution in [-0.4, -0.2) is 30.3 Å². The maximum Gasteiger partial charge on any atom is 0.340 e. The molecular formula is C30H29N3O6. The van der Waals surface area contributed by atoms with Crippen molar-refractivity contribution in [3.8, 4) is 0 Å². The molecule has 1 aliphatic rings. The van der Waals surface area contributed by atoms with Crippen molar-refractivity contribution in [1.29, 1.82) is 0 Å². The molecule has 9 heteroatoms. The highest BCUT2D eigenvalue weighted by molar-refractivity contribution is 6.39. The molecular weight excluding hydrogens is 498 g/mol. The summed E-state index contributed by atoms with van der Waals surface area (Å²) in [7, 11) is 0. The van der Waals surface area contributed by atoms with Gasteiger partial charge in [0.25, 0.3) is 5.91 Å². The summed E-state index contributed by atoms with van der Waals surface area (Å²) in [6.45, 7) is 7.36. The summed E-state index contributed by atoms with van der Waals surface area (Å²) in [5.74, 6) is -1.97. The number of carbonyl (C=O) groups is 4. The van der Waals surface area contributed by atoms with E-state index in [2.05, 4.69) is 10.6 Å². The van der Waals surface area contributed by atoms with E-state index < -0.39 is 23.7 Å².